The first-order valence-electron chi connectivity index (χ1n) is 5.99. The van der Waals surface area contributed by atoms with E-state index < -0.39 is 6.10 Å². The fourth-order valence-electron chi connectivity index (χ4n) is 1.87. The van der Waals surface area contributed by atoms with E-state index >= 15 is 0 Å². The van der Waals surface area contributed by atoms with Crippen LogP contribution in [0.4, 0.5) is 0 Å². The number of aromatic nitrogens is 3. The third-order valence-corrected chi connectivity index (χ3v) is 3.21. The highest BCUT2D eigenvalue weighted by molar-refractivity contribution is 9.10. The van der Waals surface area contributed by atoms with E-state index in [9.17, 15) is 5.11 Å². The highest BCUT2D eigenvalue weighted by atomic mass is 79.9. The topological polar surface area (TPSA) is 50.9 Å². The lowest BCUT2D eigenvalue weighted by atomic mass is 10.1. The Morgan fingerprint density at radius 3 is 2.89 bits per heavy atom. The van der Waals surface area contributed by atoms with Gasteiger partial charge in [0.15, 0.2) is 0 Å². The van der Waals surface area contributed by atoms with Crippen molar-refractivity contribution in [1.82, 2.24) is 14.5 Å². The molecule has 0 fully saturated rings. The normalized spacial score (nSPS) is 12.6. The third-order valence-electron chi connectivity index (χ3n) is 2.74. The van der Waals surface area contributed by atoms with Crippen LogP contribution in [0.15, 0.2) is 35.3 Å². The SMILES string of the molecule is CCCn1cncc1C(O)Cc1ccc(Br)cn1. The van der Waals surface area contributed by atoms with Crippen LogP contribution in [-0.4, -0.2) is 19.6 Å². The molecule has 0 bridgehead atoms. The van der Waals surface area contributed by atoms with Crippen LogP contribution in [0, 0.1) is 0 Å². The Kier molecular flexibility index (Phi) is 4.49. The van der Waals surface area contributed by atoms with Crippen molar-refractivity contribution in [2.45, 2.75) is 32.4 Å². The van der Waals surface area contributed by atoms with Crippen molar-refractivity contribution in [1.29, 1.82) is 0 Å². The number of aryl methyl sites for hydroxylation is 1. The van der Waals surface area contributed by atoms with E-state index in [2.05, 4.69) is 32.8 Å². The van der Waals surface area contributed by atoms with Crippen LogP contribution in [0.25, 0.3) is 0 Å². The number of hydrogen-bond acceptors (Lipinski definition) is 3. The molecule has 18 heavy (non-hydrogen) atoms. The largest absolute Gasteiger partial charge is 0.386 e. The molecule has 1 N–H and O–H groups in total. The second kappa shape index (κ2) is 6.11. The van der Waals surface area contributed by atoms with Crippen molar-refractivity contribution in [3.05, 3.63) is 46.7 Å². The fourth-order valence-corrected chi connectivity index (χ4v) is 2.10. The minimum atomic E-state index is -0.562. The number of pyridine rings is 1. The predicted octanol–water partition coefficient (Wildman–Crippen LogP) is 2.73. The van der Waals surface area contributed by atoms with Gasteiger partial charge in [-0.25, -0.2) is 4.98 Å². The molecule has 1 unspecified atom stereocenters. The van der Waals surface area contributed by atoms with Crippen molar-refractivity contribution in [3.63, 3.8) is 0 Å². The van der Waals surface area contributed by atoms with Crippen LogP contribution in [0.5, 0.6) is 0 Å². The van der Waals surface area contributed by atoms with Gasteiger partial charge in [-0.1, -0.05) is 6.92 Å². The molecule has 0 saturated carbocycles. The number of imidazole rings is 1. The number of aliphatic hydroxyl groups excluding tert-OH is 1. The summed E-state index contributed by atoms with van der Waals surface area (Å²) in [6.45, 7) is 2.98. The highest BCUT2D eigenvalue weighted by Crippen LogP contribution is 2.18. The molecule has 2 aromatic rings. The molecule has 0 amide bonds. The molecule has 0 saturated heterocycles. The van der Waals surface area contributed by atoms with E-state index in [-0.39, 0.29) is 0 Å². The molecule has 0 aliphatic rings. The molecular formula is C13H16BrN3O. The van der Waals surface area contributed by atoms with Crippen LogP contribution in [0.1, 0.15) is 30.8 Å². The van der Waals surface area contributed by atoms with Gasteiger partial charge in [0.05, 0.1) is 18.2 Å². The van der Waals surface area contributed by atoms with Crippen molar-refractivity contribution in [2.24, 2.45) is 0 Å². The lowest BCUT2D eigenvalue weighted by Crippen LogP contribution is -2.09. The average Bonchev–Trinajstić information content (AvgIpc) is 2.81. The van der Waals surface area contributed by atoms with Crippen LogP contribution < -0.4 is 0 Å². The van der Waals surface area contributed by atoms with Gasteiger partial charge in [-0.2, -0.15) is 0 Å². The zero-order chi connectivity index (χ0) is 13.0. The minimum Gasteiger partial charge on any atom is -0.386 e. The summed E-state index contributed by atoms with van der Waals surface area (Å²) >= 11 is 3.34. The van der Waals surface area contributed by atoms with Gasteiger partial charge >= 0.3 is 0 Å². The number of hydrogen-bond donors (Lipinski definition) is 1. The Morgan fingerprint density at radius 1 is 1.39 bits per heavy atom. The van der Waals surface area contributed by atoms with Crippen molar-refractivity contribution in [2.75, 3.05) is 0 Å². The van der Waals surface area contributed by atoms with E-state index in [1.165, 1.54) is 0 Å². The van der Waals surface area contributed by atoms with Crippen molar-refractivity contribution in [3.8, 4) is 0 Å². The Morgan fingerprint density at radius 2 is 2.22 bits per heavy atom. The molecule has 5 heteroatoms. The molecule has 96 valence electrons. The maximum absolute atomic E-state index is 10.2. The molecular weight excluding hydrogens is 294 g/mol. The average molecular weight is 310 g/mol. The Balaban J connectivity index is 2.09. The van der Waals surface area contributed by atoms with Crippen LogP contribution in [-0.2, 0) is 13.0 Å². The van der Waals surface area contributed by atoms with Gasteiger partial charge in [0.25, 0.3) is 0 Å². The maximum atomic E-state index is 10.2. The first kappa shape index (κ1) is 13.2. The number of aliphatic hydroxyl groups is 1. The Hall–Kier alpha value is -1.20. The summed E-state index contributed by atoms with van der Waals surface area (Å²) in [6.07, 6.45) is 6.18. The standard InChI is InChI=1S/C13H16BrN3O/c1-2-5-17-9-15-8-12(17)13(18)6-11-4-3-10(14)7-16-11/h3-4,7-9,13,18H,2,5-6H2,1H3. The summed E-state index contributed by atoms with van der Waals surface area (Å²) < 4.78 is 2.93. The zero-order valence-corrected chi connectivity index (χ0v) is 11.8. The summed E-state index contributed by atoms with van der Waals surface area (Å²) in [5.41, 5.74) is 1.72. The first-order chi connectivity index (χ1) is 8.70. The lowest BCUT2D eigenvalue weighted by Gasteiger charge is -2.13. The second-order valence-electron chi connectivity index (χ2n) is 4.20. The van der Waals surface area contributed by atoms with E-state index in [4.69, 9.17) is 0 Å². The molecule has 4 nitrogen and oxygen atoms in total. The Bertz CT molecular complexity index is 495. The third kappa shape index (κ3) is 3.17. The molecule has 2 heterocycles. The molecule has 0 spiro atoms. The zero-order valence-electron chi connectivity index (χ0n) is 10.3. The molecule has 0 aliphatic carbocycles. The molecule has 1 atom stereocenters. The molecule has 2 aromatic heterocycles. The monoisotopic (exact) mass is 309 g/mol. The van der Waals surface area contributed by atoms with E-state index in [1.807, 2.05) is 16.7 Å². The number of rotatable bonds is 5. The van der Waals surface area contributed by atoms with Gasteiger partial charge < -0.3 is 9.67 Å². The smallest absolute Gasteiger partial charge is 0.101 e. The van der Waals surface area contributed by atoms with Crippen LogP contribution in [0.3, 0.4) is 0 Å². The number of halogens is 1. The highest BCUT2D eigenvalue weighted by Gasteiger charge is 2.13. The van der Waals surface area contributed by atoms with Crippen LogP contribution in [0.2, 0.25) is 0 Å². The van der Waals surface area contributed by atoms with Crippen molar-refractivity contribution < 1.29 is 5.11 Å². The van der Waals surface area contributed by atoms with Crippen LogP contribution >= 0.6 is 15.9 Å². The minimum absolute atomic E-state index is 0.503. The number of nitrogens with zero attached hydrogens (tertiary/aromatic N) is 3. The molecule has 2 rings (SSSR count). The van der Waals surface area contributed by atoms with E-state index in [0.29, 0.717) is 6.42 Å². The fraction of sp³-hybridized carbons (Fsp3) is 0.385. The summed E-state index contributed by atoms with van der Waals surface area (Å²) in [6, 6.07) is 3.84. The lowest BCUT2D eigenvalue weighted by molar-refractivity contribution is 0.167. The van der Waals surface area contributed by atoms with Crippen molar-refractivity contribution >= 4 is 15.9 Å². The second-order valence-corrected chi connectivity index (χ2v) is 5.12. The predicted molar refractivity (Wildman–Crippen MR) is 73.1 cm³/mol. The summed E-state index contributed by atoms with van der Waals surface area (Å²) in [5, 5.41) is 10.2. The van der Waals surface area contributed by atoms with Gasteiger partial charge in [0, 0.05) is 29.3 Å². The molecule has 0 aromatic carbocycles. The first-order valence-corrected chi connectivity index (χ1v) is 6.78. The van der Waals surface area contributed by atoms with Gasteiger partial charge in [-0.15, -0.1) is 0 Å². The van der Waals surface area contributed by atoms with Gasteiger partial charge in [0.2, 0.25) is 0 Å². The van der Waals surface area contributed by atoms with Gasteiger partial charge in [-0.3, -0.25) is 4.98 Å². The maximum Gasteiger partial charge on any atom is 0.101 e. The van der Waals surface area contributed by atoms with Gasteiger partial charge in [-0.05, 0) is 34.5 Å². The van der Waals surface area contributed by atoms with E-state index in [1.54, 1.807) is 18.7 Å². The Labute approximate surface area is 115 Å². The summed E-state index contributed by atoms with van der Waals surface area (Å²) in [4.78, 5) is 8.36. The molecule has 0 aliphatic heterocycles. The van der Waals surface area contributed by atoms with Gasteiger partial charge in [0.1, 0.15) is 6.10 Å². The molecule has 0 radical (unpaired) electrons. The quantitative estimate of drug-likeness (QED) is 0.924. The summed E-state index contributed by atoms with van der Waals surface area (Å²) in [7, 11) is 0. The summed E-state index contributed by atoms with van der Waals surface area (Å²) in [5.74, 6) is 0. The van der Waals surface area contributed by atoms with E-state index in [0.717, 1.165) is 28.8 Å².